The fourth-order valence-corrected chi connectivity index (χ4v) is 0.612. The minimum Gasteiger partial charge on any atom is -0.325 e. The molecule has 0 amide bonds. The average molecular weight is 159 g/mol. The number of hydrogen-bond acceptors (Lipinski definition) is 3. The van der Waals surface area contributed by atoms with Gasteiger partial charge < -0.3 is 5.73 Å². The monoisotopic (exact) mass is 159 g/mol. The molecule has 2 N–H and O–H groups in total. The van der Waals surface area contributed by atoms with Gasteiger partial charge in [-0.3, -0.25) is 0 Å². The second kappa shape index (κ2) is 2.87. The van der Waals surface area contributed by atoms with Crippen LogP contribution in [0.1, 0.15) is 5.69 Å². The van der Waals surface area contributed by atoms with Crippen LogP contribution in [0.2, 0.25) is 0 Å². The maximum Gasteiger partial charge on any atom is 0.301 e. The highest BCUT2D eigenvalue weighted by atomic mass is 19.3. The van der Waals surface area contributed by atoms with Gasteiger partial charge in [-0.25, -0.2) is 9.97 Å². The zero-order chi connectivity index (χ0) is 8.32. The molecule has 0 fully saturated rings. The van der Waals surface area contributed by atoms with Crippen LogP contribution in [0, 0.1) is 0 Å². The first kappa shape index (κ1) is 8.00. The van der Waals surface area contributed by atoms with Crippen LogP contribution in [0.25, 0.3) is 0 Å². The summed E-state index contributed by atoms with van der Waals surface area (Å²) in [6, 6.07) is 1.15. The Morgan fingerprint density at radius 1 is 1.55 bits per heavy atom. The summed E-state index contributed by atoms with van der Waals surface area (Å²) in [6.45, 7) is -0.732. The maximum atomic E-state index is 12.7. The van der Waals surface area contributed by atoms with Gasteiger partial charge in [0.1, 0.15) is 12.0 Å². The zero-order valence-corrected chi connectivity index (χ0v) is 5.67. The van der Waals surface area contributed by atoms with Gasteiger partial charge in [-0.15, -0.1) is 0 Å². The number of halogens is 2. The molecule has 0 bridgehead atoms. The first-order valence-corrected chi connectivity index (χ1v) is 3.01. The van der Waals surface area contributed by atoms with E-state index < -0.39 is 12.5 Å². The quantitative estimate of drug-likeness (QED) is 0.684. The number of rotatable bonds is 2. The van der Waals surface area contributed by atoms with Crippen molar-refractivity contribution in [1.29, 1.82) is 0 Å². The van der Waals surface area contributed by atoms with E-state index in [-0.39, 0.29) is 5.69 Å². The number of alkyl halides is 2. The van der Waals surface area contributed by atoms with Gasteiger partial charge in [0.05, 0.1) is 6.54 Å². The first-order chi connectivity index (χ1) is 5.17. The van der Waals surface area contributed by atoms with E-state index in [1.54, 1.807) is 0 Å². The molecule has 1 heterocycles. The SMILES string of the molecule is NCC(F)(F)c1ccncn1. The molecule has 5 heteroatoms. The molecule has 0 radical (unpaired) electrons. The second-order valence-corrected chi connectivity index (χ2v) is 2.00. The van der Waals surface area contributed by atoms with Crippen LogP contribution in [-0.2, 0) is 5.92 Å². The third kappa shape index (κ3) is 1.68. The third-order valence-electron chi connectivity index (χ3n) is 1.21. The van der Waals surface area contributed by atoms with Gasteiger partial charge in [0, 0.05) is 6.20 Å². The number of hydrogen-bond donors (Lipinski definition) is 1. The second-order valence-electron chi connectivity index (χ2n) is 2.00. The molecule has 0 saturated carbocycles. The molecule has 0 saturated heterocycles. The topological polar surface area (TPSA) is 51.8 Å². The minimum absolute atomic E-state index is 0.338. The van der Waals surface area contributed by atoms with Crippen molar-refractivity contribution in [3.8, 4) is 0 Å². The van der Waals surface area contributed by atoms with Gasteiger partial charge in [-0.2, -0.15) is 8.78 Å². The van der Waals surface area contributed by atoms with Crippen molar-refractivity contribution in [2.75, 3.05) is 6.54 Å². The average Bonchev–Trinajstić information content (AvgIpc) is 2.06. The van der Waals surface area contributed by atoms with Gasteiger partial charge in [-0.05, 0) is 6.07 Å². The molecule has 0 unspecified atom stereocenters. The lowest BCUT2D eigenvalue weighted by Gasteiger charge is -2.11. The normalized spacial score (nSPS) is 11.5. The van der Waals surface area contributed by atoms with Gasteiger partial charge in [0.15, 0.2) is 0 Å². The van der Waals surface area contributed by atoms with Crippen molar-refractivity contribution in [2.24, 2.45) is 5.73 Å². The zero-order valence-electron chi connectivity index (χ0n) is 5.67. The molecule has 1 aromatic heterocycles. The lowest BCUT2D eigenvalue weighted by molar-refractivity contribution is 0.00123. The Balaban J connectivity index is 2.93. The number of aromatic nitrogens is 2. The van der Waals surface area contributed by atoms with Crippen molar-refractivity contribution in [2.45, 2.75) is 5.92 Å². The van der Waals surface area contributed by atoms with Crippen molar-refractivity contribution in [1.82, 2.24) is 9.97 Å². The summed E-state index contributed by atoms with van der Waals surface area (Å²) in [5.41, 5.74) is 4.49. The van der Waals surface area contributed by atoms with Gasteiger partial charge >= 0.3 is 5.92 Å². The molecule has 0 aliphatic carbocycles. The summed E-state index contributed by atoms with van der Waals surface area (Å²) in [5, 5.41) is 0. The van der Waals surface area contributed by atoms with E-state index in [0.717, 1.165) is 12.4 Å². The number of nitrogens with two attached hydrogens (primary N) is 1. The van der Waals surface area contributed by atoms with Crippen LogP contribution >= 0.6 is 0 Å². The summed E-state index contributed by atoms with van der Waals surface area (Å²) in [6.07, 6.45) is 2.32. The van der Waals surface area contributed by atoms with E-state index in [4.69, 9.17) is 5.73 Å². The van der Waals surface area contributed by atoms with Crippen LogP contribution in [0.4, 0.5) is 8.78 Å². The third-order valence-corrected chi connectivity index (χ3v) is 1.21. The van der Waals surface area contributed by atoms with E-state index in [0.29, 0.717) is 0 Å². The highest BCUT2D eigenvalue weighted by Gasteiger charge is 2.30. The van der Waals surface area contributed by atoms with Crippen LogP contribution in [0.3, 0.4) is 0 Å². The fraction of sp³-hybridized carbons (Fsp3) is 0.333. The smallest absolute Gasteiger partial charge is 0.301 e. The van der Waals surface area contributed by atoms with Crippen molar-refractivity contribution in [3.63, 3.8) is 0 Å². The Morgan fingerprint density at radius 3 is 2.73 bits per heavy atom. The Morgan fingerprint density at radius 2 is 2.27 bits per heavy atom. The Kier molecular flexibility index (Phi) is 2.09. The van der Waals surface area contributed by atoms with Crippen molar-refractivity contribution < 1.29 is 8.78 Å². The first-order valence-electron chi connectivity index (χ1n) is 3.01. The lowest BCUT2D eigenvalue weighted by Crippen LogP contribution is -2.26. The molecule has 60 valence electrons. The Bertz CT molecular complexity index is 225. The highest BCUT2D eigenvalue weighted by molar-refractivity contribution is 5.06. The lowest BCUT2D eigenvalue weighted by atomic mass is 10.2. The molecule has 1 aromatic rings. The predicted octanol–water partition coefficient (Wildman–Crippen LogP) is 0.527. The van der Waals surface area contributed by atoms with Gasteiger partial charge in [0.25, 0.3) is 0 Å². The Labute approximate surface area is 62.3 Å². The molecule has 0 aliphatic heterocycles. The summed E-state index contributed by atoms with van der Waals surface area (Å²) in [4.78, 5) is 6.89. The minimum atomic E-state index is -3.04. The van der Waals surface area contributed by atoms with Gasteiger partial charge in [0.2, 0.25) is 0 Å². The summed E-state index contributed by atoms with van der Waals surface area (Å²) < 4.78 is 25.3. The Hall–Kier alpha value is -1.10. The molecular formula is C6H7F2N3. The van der Waals surface area contributed by atoms with Crippen LogP contribution in [0.5, 0.6) is 0 Å². The maximum absolute atomic E-state index is 12.7. The van der Waals surface area contributed by atoms with Crippen LogP contribution in [-0.4, -0.2) is 16.5 Å². The summed E-state index contributed by atoms with van der Waals surface area (Å²) in [7, 11) is 0. The van der Waals surface area contributed by atoms with Crippen molar-refractivity contribution in [3.05, 3.63) is 24.3 Å². The van der Waals surface area contributed by atoms with Crippen LogP contribution in [0.15, 0.2) is 18.6 Å². The number of nitrogens with zero attached hydrogens (tertiary/aromatic N) is 2. The molecule has 0 aliphatic rings. The van der Waals surface area contributed by atoms with E-state index in [1.165, 1.54) is 6.20 Å². The standard InChI is InChI=1S/C6H7F2N3/c7-6(8,3-9)5-1-2-10-4-11-5/h1-2,4H,3,9H2. The van der Waals surface area contributed by atoms with Crippen molar-refractivity contribution >= 4 is 0 Å². The molecule has 11 heavy (non-hydrogen) atoms. The highest BCUT2D eigenvalue weighted by Crippen LogP contribution is 2.23. The fourth-order valence-electron chi connectivity index (χ4n) is 0.612. The van der Waals surface area contributed by atoms with E-state index in [2.05, 4.69) is 9.97 Å². The molecule has 0 spiro atoms. The predicted molar refractivity (Wildman–Crippen MR) is 35.0 cm³/mol. The molecule has 1 rings (SSSR count). The summed E-state index contributed by atoms with van der Waals surface area (Å²) >= 11 is 0. The van der Waals surface area contributed by atoms with Crippen LogP contribution < -0.4 is 5.73 Å². The van der Waals surface area contributed by atoms with E-state index in [9.17, 15) is 8.78 Å². The van der Waals surface area contributed by atoms with E-state index in [1.807, 2.05) is 0 Å². The summed E-state index contributed by atoms with van der Waals surface area (Å²) in [5.74, 6) is -3.04. The van der Waals surface area contributed by atoms with E-state index >= 15 is 0 Å². The molecule has 0 atom stereocenters. The molecule has 0 aromatic carbocycles. The molecule has 3 nitrogen and oxygen atoms in total. The molecular weight excluding hydrogens is 152 g/mol. The van der Waals surface area contributed by atoms with Gasteiger partial charge in [-0.1, -0.05) is 0 Å². The largest absolute Gasteiger partial charge is 0.325 e.